The molecule has 120 valence electrons. The summed E-state index contributed by atoms with van der Waals surface area (Å²) in [4.78, 5) is 20.5. The van der Waals surface area contributed by atoms with E-state index in [0.717, 1.165) is 12.8 Å². The first-order chi connectivity index (χ1) is 9.90. The van der Waals surface area contributed by atoms with Crippen molar-refractivity contribution in [3.05, 3.63) is 29.8 Å². The van der Waals surface area contributed by atoms with E-state index < -0.39 is 18.0 Å². The van der Waals surface area contributed by atoms with E-state index in [4.69, 9.17) is 21.1 Å². The van der Waals surface area contributed by atoms with Crippen LogP contribution in [0.4, 0.5) is 0 Å². The van der Waals surface area contributed by atoms with Crippen molar-refractivity contribution in [1.82, 2.24) is 0 Å². The van der Waals surface area contributed by atoms with Crippen molar-refractivity contribution in [1.29, 1.82) is 0 Å². The maximum atomic E-state index is 10.3. The van der Waals surface area contributed by atoms with Gasteiger partial charge in [-0.05, 0) is 18.6 Å². The van der Waals surface area contributed by atoms with Crippen LogP contribution in [-0.4, -0.2) is 33.3 Å². The van der Waals surface area contributed by atoms with E-state index in [2.05, 4.69) is 6.92 Å². The molecular formula is C15H24NNaO5. The second-order valence-electron chi connectivity index (χ2n) is 4.62. The first-order valence-corrected chi connectivity index (χ1v) is 6.89. The number of carboxylic acid groups (broad SMARTS) is 2. The molecule has 0 aliphatic rings. The molecule has 0 heterocycles. The molecule has 0 radical (unpaired) electrons. The smallest absolute Gasteiger partial charge is 1.00 e. The van der Waals surface area contributed by atoms with Crippen LogP contribution >= 0.6 is 0 Å². The fourth-order valence-corrected chi connectivity index (χ4v) is 1.57. The van der Waals surface area contributed by atoms with Crippen LogP contribution in [0.5, 0.6) is 5.75 Å². The van der Waals surface area contributed by atoms with E-state index in [1.807, 2.05) is 0 Å². The van der Waals surface area contributed by atoms with Crippen LogP contribution in [0, 0.1) is 0 Å². The summed E-state index contributed by atoms with van der Waals surface area (Å²) >= 11 is 0. The average molecular weight is 321 g/mol. The molecule has 0 aliphatic carbocycles. The molecule has 0 aliphatic heterocycles. The van der Waals surface area contributed by atoms with Gasteiger partial charge in [-0.3, -0.25) is 4.79 Å². The van der Waals surface area contributed by atoms with Crippen LogP contribution < -0.4 is 35.3 Å². The van der Waals surface area contributed by atoms with Crippen LogP contribution in [-0.2, 0) is 4.79 Å². The molecule has 1 unspecified atom stereocenters. The van der Waals surface area contributed by atoms with Gasteiger partial charge in [-0.15, -0.1) is 0 Å². The SMILES string of the molecule is CCCCCCC(N)C(=O)O.O=C(O)c1ccccc1O.[H-].[Na+]. The van der Waals surface area contributed by atoms with Crippen molar-refractivity contribution >= 4 is 11.9 Å². The van der Waals surface area contributed by atoms with Gasteiger partial charge >= 0.3 is 41.5 Å². The van der Waals surface area contributed by atoms with E-state index in [-0.39, 0.29) is 42.3 Å². The molecular weight excluding hydrogens is 297 g/mol. The Balaban J connectivity index is -0.000000321. The first-order valence-electron chi connectivity index (χ1n) is 6.89. The van der Waals surface area contributed by atoms with Gasteiger partial charge in [0.05, 0.1) is 0 Å². The number of carboxylic acids is 2. The predicted octanol–water partition coefficient (Wildman–Crippen LogP) is -0.424. The van der Waals surface area contributed by atoms with E-state index in [9.17, 15) is 9.59 Å². The number of benzene rings is 1. The number of hydrogen-bond donors (Lipinski definition) is 4. The fraction of sp³-hybridized carbons (Fsp3) is 0.467. The molecule has 1 aromatic carbocycles. The normalized spacial score (nSPS) is 10.6. The van der Waals surface area contributed by atoms with Gasteiger partial charge in [-0.2, -0.15) is 0 Å². The Kier molecular flexibility index (Phi) is 14.3. The zero-order chi connectivity index (χ0) is 16.3. The van der Waals surface area contributed by atoms with E-state index in [1.54, 1.807) is 12.1 Å². The number of phenols is 1. The average Bonchev–Trinajstić information content (AvgIpc) is 2.44. The van der Waals surface area contributed by atoms with Crippen molar-refractivity contribution in [3.8, 4) is 5.75 Å². The summed E-state index contributed by atoms with van der Waals surface area (Å²) in [5.74, 6) is -2.20. The minimum atomic E-state index is -1.11. The summed E-state index contributed by atoms with van der Waals surface area (Å²) in [6.07, 6.45) is 4.97. The standard InChI is InChI=1S/C8H17NO2.C7H6O3.Na.H/c1-2-3-4-5-6-7(9)8(10)11;8-6-4-2-1-3-5(6)7(9)10;;/h7H,2-6,9H2,1H3,(H,10,11);1-4,8H,(H,9,10);;/q;;+1;-1. The summed E-state index contributed by atoms with van der Waals surface area (Å²) < 4.78 is 0. The van der Waals surface area contributed by atoms with Gasteiger partial charge in [-0.1, -0.05) is 44.7 Å². The molecule has 0 saturated carbocycles. The van der Waals surface area contributed by atoms with E-state index in [0.29, 0.717) is 6.42 Å². The van der Waals surface area contributed by atoms with Gasteiger partial charge in [0, 0.05) is 0 Å². The molecule has 22 heavy (non-hydrogen) atoms. The molecule has 0 spiro atoms. The number of para-hydroxylation sites is 1. The van der Waals surface area contributed by atoms with Crippen molar-refractivity contribution in [2.75, 3.05) is 0 Å². The van der Waals surface area contributed by atoms with Crippen LogP contribution in [0.3, 0.4) is 0 Å². The van der Waals surface area contributed by atoms with Crippen LogP contribution in [0.2, 0.25) is 0 Å². The molecule has 5 N–H and O–H groups in total. The van der Waals surface area contributed by atoms with Crippen LogP contribution in [0.1, 0.15) is 50.8 Å². The Hall–Kier alpha value is -1.08. The van der Waals surface area contributed by atoms with E-state index in [1.165, 1.54) is 25.0 Å². The molecule has 0 saturated heterocycles. The number of aliphatic carboxylic acids is 1. The van der Waals surface area contributed by atoms with Gasteiger partial charge < -0.3 is 22.5 Å². The minimum Gasteiger partial charge on any atom is -1.00 e. The summed E-state index contributed by atoms with van der Waals surface area (Å²) in [7, 11) is 0. The molecule has 0 fully saturated rings. The Morgan fingerprint density at radius 1 is 1.18 bits per heavy atom. The monoisotopic (exact) mass is 321 g/mol. The van der Waals surface area contributed by atoms with E-state index >= 15 is 0 Å². The number of hydrogen-bond acceptors (Lipinski definition) is 4. The van der Waals surface area contributed by atoms with Gasteiger partial charge in [0.1, 0.15) is 17.4 Å². The molecule has 0 bridgehead atoms. The van der Waals surface area contributed by atoms with Crippen molar-refractivity contribution in [3.63, 3.8) is 0 Å². The summed E-state index contributed by atoms with van der Waals surface area (Å²) in [6, 6.07) is 5.15. The maximum Gasteiger partial charge on any atom is 1.00 e. The largest absolute Gasteiger partial charge is 1.00 e. The second kappa shape index (κ2) is 13.6. The fourth-order valence-electron chi connectivity index (χ4n) is 1.57. The summed E-state index contributed by atoms with van der Waals surface area (Å²) in [5, 5.41) is 25.7. The molecule has 0 amide bonds. The number of nitrogens with two attached hydrogens (primary N) is 1. The third-order valence-corrected chi connectivity index (χ3v) is 2.82. The zero-order valence-corrected chi connectivity index (χ0v) is 15.2. The molecule has 1 atom stereocenters. The zero-order valence-electron chi connectivity index (χ0n) is 14.2. The third kappa shape index (κ3) is 10.6. The molecule has 0 aromatic heterocycles. The summed E-state index contributed by atoms with van der Waals surface area (Å²) in [5.41, 5.74) is 5.23. The molecule has 1 aromatic rings. The van der Waals surface area contributed by atoms with Gasteiger partial charge in [0.15, 0.2) is 0 Å². The van der Waals surface area contributed by atoms with Crippen molar-refractivity contribution in [2.45, 2.75) is 45.1 Å². The summed E-state index contributed by atoms with van der Waals surface area (Å²) in [6.45, 7) is 2.12. The van der Waals surface area contributed by atoms with Crippen LogP contribution in [0.15, 0.2) is 24.3 Å². The second-order valence-corrected chi connectivity index (χ2v) is 4.62. The number of aromatic carboxylic acids is 1. The quantitative estimate of drug-likeness (QED) is 0.400. The van der Waals surface area contributed by atoms with Crippen molar-refractivity contribution in [2.24, 2.45) is 5.73 Å². The number of rotatable bonds is 7. The molecule has 6 nitrogen and oxygen atoms in total. The Labute approximate surface area is 154 Å². The number of unbranched alkanes of at least 4 members (excludes halogenated alkanes) is 3. The predicted molar refractivity (Wildman–Crippen MR) is 80.5 cm³/mol. The number of aromatic hydroxyl groups is 1. The van der Waals surface area contributed by atoms with Gasteiger partial charge in [-0.25, -0.2) is 4.79 Å². The van der Waals surface area contributed by atoms with Gasteiger partial charge in [0.25, 0.3) is 0 Å². The van der Waals surface area contributed by atoms with Gasteiger partial charge in [0.2, 0.25) is 0 Å². The Morgan fingerprint density at radius 3 is 2.18 bits per heavy atom. The molecule has 1 rings (SSSR count). The Morgan fingerprint density at radius 2 is 1.77 bits per heavy atom. The maximum absolute atomic E-state index is 10.3. The Bertz CT molecular complexity index is 459. The minimum absolute atomic E-state index is 0. The van der Waals surface area contributed by atoms with Crippen molar-refractivity contribution < 1.29 is 55.9 Å². The number of carbonyl (C=O) groups is 2. The topological polar surface area (TPSA) is 121 Å². The van der Waals surface area contributed by atoms with Crippen LogP contribution in [0.25, 0.3) is 0 Å². The molecule has 7 heteroatoms. The third-order valence-electron chi connectivity index (χ3n) is 2.82. The first kappa shape index (κ1) is 23.2.